The number of aldehydes is 1. The van der Waals surface area contributed by atoms with E-state index in [2.05, 4.69) is 32.0 Å². The Bertz CT molecular complexity index is 1810. The van der Waals surface area contributed by atoms with Gasteiger partial charge in [0.2, 0.25) is 10.0 Å². The number of hydrogen-bond acceptors (Lipinski definition) is 9. The lowest BCUT2D eigenvalue weighted by molar-refractivity contribution is -0.135. The molecule has 8 rings (SSSR count). The minimum absolute atomic E-state index is 0. The molecule has 1 spiro atoms. The van der Waals surface area contributed by atoms with E-state index in [0.717, 1.165) is 50.1 Å². The first-order valence-corrected chi connectivity index (χ1v) is 21.9. The number of sulfonamides is 1. The molecule has 55 heavy (non-hydrogen) atoms. The number of halogens is 1. The SMILES string of the molecule is C.C1CCN2CCNC[C@@H]2C1.CO[C@]1(C=O)/C=C/C[C@H](C)[C@@H](C)S(=O)(=O)NC(=O)c2ccc3c(c2)N(C[C@@H]2CC[C@H]21)C[C@@]1(CCCc2cc(Cl)ccc21)CO3. The zero-order valence-electron chi connectivity index (χ0n) is 32.0. The zero-order chi connectivity index (χ0) is 38.1. The van der Waals surface area contributed by atoms with Crippen molar-refractivity contribution in [2.45, 2.75) is 101 Å². The van der Waals surface area contributed by atoms with Crippen LogP contribution in [0.5, 0.6) is 5.75 Å². The Morgan fingerprint density at radius 2 is 1.89 bits per heavy atom. The smallest absolute Gasteiger partial charge is 0.264 e. The van der Waals surface area contributed by atoms with E-state index in [1.165, 1.54) is 56.6 Å². The summed E-state index contributed by atoms with van der Waals surface area (Å²) in [5.41, 5.74) is 2.05. The lowest BCUT2D eigenvalue weighted by Gasteiger charge is -2.48. The highest BCUT2D eigenvalue weighted by atomic mass is 35.5. The number of hydrogen-bond donors (Lipinski definition) is 2. The van der Waals surface area contributed by atoms with Crippen molar-refractivity contribution < 1.29 is 27.5 Å². The molecule has 1 saturated carbocycles. The van der Waals surface area contributed by atoms with E-state index in [1.54, 1.807) is 32.2 Å². The van der Waals surface area contributed by atoms with E-state index < -0.39 is 26.8 Å². The Hall–Kier alpha value is -2.96. The van der Waals surface area contributed by atoms with Gasteiger partial charge in [-0.25, -0.2) is 13.1 Å². The predicted molar refractivity (Wildman–Crippen MR) is 220 cm³/mol. The van der Waals surface area contributed by atoms with Gasteiger partial charge in [0, 0.05) is 67.8 Å². The predicted octanol–water partition coefficient (Wildman–Crippen LogP) is 6.55. The Balaban J connectivity index is 0.000000403. The van der Waals surface area contributed by atoms with Crippen LogP contribution in [0.3, 0.4) is 0 Å². The van der Waals surface area contributed by atoms with E-state index in [-0.39, 0.29) is 36.2 Å². The Labute approximate surface area is 333 Å². The summed E-state index contributed by atoms with van der Waals surface area (Å²) in [7, 11) is -2.41. The molecule has 4 heterocycles. The summed E-state index contributed by atoms with van der Waals surface area (Å²) in [6, 6.07) is 12.1. The van der Waals surface area contributed by atoms with Crippen LogP contribution >= 0.6 is 11.6 Å². The highest BCUT2D eigenvalue weighted by molar-refractivity contribution is 7.90. The summed E-state index contributed by atoms with van der Waals surface area (Å²) in [5.74, 6) is -0.203. The molecule has 3 fully saturated rings. The molecule has 0 radical (unpaired) electrons. The number of aryl methyl sites for hydroxylation is 1. The molecule has 4 aliphatic heterocycles. The van der Waals surface area contributed by atoms with E-state index in [1.807, 2.05) is 25.1 Å². The average molecular weight is 798 g/mol. The summed E-state index contributed by atoms with van der Waals surface area (Å²) >= 11 is 6.40. The molecular weight excluding hydrogens is 736 g/mol. The van der Waals surface area contributed by atoms with Crippen LogP contribution in [0.4, 0.5) is 5.69 Å². The minimum atomic E-state index is -3.97. The molecular formula is C43H61ClN4O6S. The number of piperidine rings is 1. The topological polar surface area (TPSA) is 117 Å². The van der Waals surface area contributed by atoms with E-state index >= 15 is 0 Å². The fourth-order valence-corrected chi connectivity index (χ4v) is 11.2. The molecule has 2 aromatic rings. The molecule has 2 saturated heterocycles. The number of amides is 1. The van der Waals surface area contributed by atoms with Gasteiger partial charge in [-0.3, -0.25) is 14.5 Å². The fraction of sp³-hybridized carbons (Fsp3) is 0.628. The minimum Gasteiger partial charge on any atom is -0.490 e. The van der Waals surface area contributed by atoms with Crippen molar-refractivity contribution >= 4 is 39.5 Å². The number of methoxy groups -OCH3 is 1. The van der Waals surface area contributed by atoms with Crippen molar-refractivity contribution in [3.63, 3.8) is 0 Å². The number of fused-ring (bicyclic) bond motifs is 5. The van der Waals surface area contributed by atoms with Crippen molar-refractivity contribution in [2.24, 2.45) is 17.8 Å². The van der Waals surface area contributed by atoms with Gasteiger partial charge in [-0.2, -0.15) is 0 Å². The lowest BCUT2D eigenvalue weighted by Crippen LogP contribution is -2.53. The third-order valence-corrected chi connectivity index (χ3v) is 15.6. The first kappa shape index (κ1) is 41.7. The van der Waals surface area contributed by atoms with Crippen molar-refractivity contribution in [3.05, 3.63) is 70.3 Å². The largest absolute Gasteiger partial charge is 0.490 e. The number of rotatable bonds is 2. The van der Waals surface area contributed by atoms with Crippen molar-refractivity contribution in [1.29, 1.82) is 0 Å². The third-order valence-electron chi connectivity index (χ3n) is 13.4. The Morgan fingerprint density at radius 1 is 1.05 bits per heavy atom. The molecule has 12 heteroatoms. The maximum absolute atomic E-state index is 13.4. The number of piperazine rings is 1. The van der Waals surface area contributed by atoms with Crippen molar-refractivity contribution in [2.75, 3.05) is 57.9 Å². The van der Waals surface area contributed by atoms with Crippen LogP contribution in [-0.2, 0) is 31.4 Å². The molecule has 0 aromatic heterocycles. The van der Waals surface area contributed by atoms with Gasteiger partial charge in [-0.05, 0) is 124 Å². The van der Waals surface area contributed by atoms with Crippen LogP contribution in [0.2, 0.25) is 5.02 Å². The van der Waals surface area contributed by atoms with Crippen molar-refractivity contribution in [3.8, 4) is 5.75 Å². The van der Waals surface area contributed by atoms with Crippen LogP contribution < -0.4 is 19.7 Å². The number of nitrogens with zero attached hydrogens (tertiary/aromatic N) is 2. The zero-order valence-corrected chi connectivity index (χ0v) is 33.6. The van der Waals surface area contributed by atoms with Gasteiger partial charge in [0.25, 0.3) is 5.91 Å². The monoisotopic (exact) mass is 796 g/mol. The summed E-state index contributed by atoms with van der Waals surface area (Å²) in [6.45, 7) is 10.3. The van der Waals surface area contributed by atoms with Gasteiger partial charge < -0.3 is 19.7 Å². The summed E-state index contributed by atoms with van der Waals surface area (Å²) in [4.78, 5) is 31.0. The van der Waals surface area contributed by atoms with Crippen LogP contribution in [-0.4, -0.2) is 95.4 Å². The molecule has 2 bridgehead atoms. The third kappa shape index (κ3) is 8.52. The highest BCUT2D eigenvalue weighted by Crippen LogP contribution is 2.48. The summed E-state index contributed by atoms with van der Waals surface area (Å²) in [6.07, 6.45) is 13.9. The summed E-state index contributed by atoms with van der Waals surface area (Å²) < 4.78 is 41.3. The van der Waals surface area contributed by atoms with Crippen LogP contribution in [0.15, 0.2) is 48.6 Å². The number of carbonyl (C=O) groups is 2. The summed E-state index contributed by atoms with van der Waals surface area (Å²) in [5, 5.41) is 3.32. The number of benzene rings is 2. The van der Waals surface area contributed by atoms with Crippen molar-refractivity contribution in [1.82, 2.24) is 14.9 Å². The molecule has 10 nitrogen and oxygen atoms in total. The molecule has 7 atom stereocenters. The molecule has 2 aliphatic carbocycles. The van der Waals surface area contributed by atoms with Gasteiger partial charge in [0.15, 0.2) is 6.29 Å². The molecule has 6 aliphatic rings. The maximum atomic E-state index is 13.4. The number of carbonyl (C=O) groups excluding carboxylic acids is 2. The van der Waals surface area contributed by atoms with E-state index in [9.17, 15) is 18.0 Å². The first-order valence-electron chi connectivity index (χ1n) is 20.0. The number of nitrogens with one attached hydrogen (secondary N) is 2. The van der Waals surface area contributed by atoms with Crippen LogP contribution in [0.25, 0.3) is 0 Å². The molecule has 302 valence electrons. The second-order valence-electron chi connectivity index (χ2n) is 16.6. The number of allylic oxidation sites excluding steroid dienone is 1. The second-order valence-corrected chi connectivity index (χ2v) is 19.1. The quantitative estimate of drug-likeness (QED) is 0.258. The van der Waals surface area contributed by atoms with Gasteiger partial charge >= 0.3 is 0 Å². The molecule has 2 N–H and O–H groups in total. The number of ether oxygens (including phenoxy) is 2. The average Bonchev–Trinajstić information content (AvgIpc) is 3.32. The first-order chi connectivity index (χ1) is 26.0. The standard InChI is InChI=1S/C34H41ClN2O6S.C8H16N2.CH4/c1-22-6-4-15-34(20-38,42-3)29-11-8-26(29)18-37-19-33(14-5-7-24-16-27(35)10-12-28(24)33)21-43-31-13-9-25(17-30(31)37)32(39)36-44(40,41)23(22)2;1-2-5-10-6-4-9-7-8(10)3-1;/h4,9-10,12-13,15-17,20,22-23,26,29H,5-8,11,14,18-19,21H2,1-3H3,(H,36,39);8-9H,1-7H2;1H4/b15-4+;;/t22-,23+,26-,29+,33-,34-;8-;/m00./s1. The van der Waals surface area contributed by atoms with Crippen LogP contribution in [0.1, 0.15) is 94.1 Å². The van der Waals surface area contributed by atoms with Gasteiger partial charge in [0.1, 0.15) is 11.4 Å². The second kappa shape index (κ2) is 17.3. The van der Waals surface area contributed by atoms with Gasteiger partial charge in [0.05, 0.1) is 17.5 Å². The van der Waals surface area contributed by atoms with E-state index in [0.29, 0.717) is 36.9 Å². The Kier molecular flexibility index (Phi) is 13.1. The fourth-order valence-electron chi connectivity index (χ4n) is 9.76. The van der Waals surface area contributed by atoms with Crippen LogP contribution in [0, 0.1) is 17.8 Å². The number of anilines is 1. The normalized spacial score (nSPS) is 33.6. The Morgan fingerprint density at radius 3 is 2.64 bits per heavy atom. The van der Waals surface area contributed by atoms with E-state index in [4.69, 9.17) is 21.1 Å². The van der Waals surface area contributed by atoms with Gasteiger partial charge in [-0.1, -0.05) is 44.5 Å². The maximum Gasteiger partial charge on any atom is 0.264 e. The molecule has 1 amide bonds. The van der Waals surface area contributed by atoms with Gasteiger partial charge in [-0.15, -0.1) is 0 Å². The lowest BCUT2D eigenvalue weighted by atomic mass is 9.64. The highest BCUT2D eigenvalue weighted by Gasteiger charge is 2.49. The molecule has 0 unspecified atom stereocenters. The molecule has 2 aromatic carbocycles.